The summed E-state index contributed by atoms with van der Waals surface area (Å²) in [7, 11) is 1.57. The Morgan fingerprint density at radius 3 is 2.50 bits per heavy atom. The van der Waals surface area contributed by atoms with E-state index < -0.39 is 5.82 Å². The molecule has 0 fully saturated rings. The van der Waals surface area contributed by atoms with Crippen molar-refractivity contribution in [3.05, 3.63) is 72.2 Å². The topological polar surface area (TPSA) is 77.5 Å². The van der Waals surface area contributed by atoms with E-state index in [-0.39, 0.29) is 33.8 Å². The number of methoxy groups -OCH3 is 1. The highest BCUT2D eigenvalue weighted by atomic mass is 32.2. The summed E-state index contributed by atoms with van der Waals surface area (Å²) < 4.78 is 25.0. The average molecular weight is 426 g/mol. The number of carbonyl (C=O) groups is 2. The molecule has 0 spiro atoms. The number of carbonyl (C=O) groups excluding carboxylic acids is 2. The van der Waals surface area contributed by atoms with Crippen LogP contribution in [0.3, 0.4) is 0 Å². The molecule has 1 N–H and O–H groups in total. The van der Waals surface area contributed by atoms with Gasteiger partial charge in [0, 0.05) is 16.7 Å². The van der Waals surface area contributed by atoms with Gasteiger partial charge in [-0.2, -0.15) is 0 Å². The summed E-state index contributed by atoms with van der Waals surface area (Å²) >= 11 is 1.04. The zero-order chi connectivity index (χ0) is 21.5. The molecule has 154 valence electrons. The van der Waals surface area contributed by atoms with Crippen molar-refractivity contribution < 1.29 is 23.5 Å². The third kappa shape index (κ3) is 5.57. The van der Waals surface area contributed by atoms with Crippen LogP contribution in [0, 0.1) is 5.82 Å². The van der Waals surface area contributed by atoms with Crippen LogP contribution in [0.25, 0.3) is 0 Å². The summed E-state index contributed by atoms with van der Waals surface area (Å²) in [6.45, 7) is 1.37. The minimum Gasteiger partial charge on any atom is -0.497 e. The summed E-state index contributed by atoms with van der Waals surface area (Å²) in [4.78, 5) is 28.1. The fourth-order valence-corrected chi connectivity index (χ4v) is 3.21. The number of rotatable bonds is 8. The van der Waals surface area contributed by atoms with Gasteiger partial charge >= 0.3 is 0 Å². The first-order valence-corrected chi connectivity index (χ1v) is 9.95. The van der Waals surface area contributed by atoms with Gasteiger partial charge in [-0.1, -0.05) is 6.07 Å². The van der Waals surface area contributed by atoms with E-state index >= 15 is 0 Å². The Kier molecular flexibility index (Phi) is 7.03. The van der Waals surface area contributed by atoms with E-state index in [1.165, 1.54) is 25.1 Å². The van der Waals surface area contributed by atoms with Crippen LogP contribution in [0.4, 0.5) is 10.1 Å². The molecular weight excluding hydrogens is 407 g/mol. The molecule has 0 aliphatic heterocycles. The molecule has 0 aliphatic carbocycles. The molecule has 3 rings (SSSR count). The maximum Gasteiger partial charge on any atom is 0.243 e. The molecule has 0 saturated carbocycles. The van der Waals surface area contributed by atoms with Crippen molar-refractivity contribution in [2.24, 2.45) is 0 Å². The summed E-state index contributed by atoms with van der Waals surface area (Å²) in [5.41, 5.74) is 0.684. The Balaban J connectivity index is 1.63. The lowest BCUT2D eigenvalue weighted by Gasteiger charge is -2.11. The SMILES string of the molecule is COc1ccc(Oc2ncccc2NC(=O)CSc2ccc(C(C)=O)cc2F)cc1. The zero-order valence-corrected chi connectivity index (χ0v) is 17.2. The second-order valence-corrected chi connectivity index (χ2v) is 7.19. The molecule has 0 atom stereocenters. The fourth-order valence-electron chi connectivity index (χ4n) is 2.49. The zero-order valence-electron chi connectivity index (χ0n) is 16.3. The highest BCUT2D eigenvalue weighted by molar-refractivity contribution is 8.00. The van der Waals surface area contributed by atoms with Crippen molar-refractivity contribution in [2.45, 2.75) is 11.8 Å². The van der Waals surface area contributed by atoms with Crippen molar-refractivity contribution in [1.82, 2.24) is 4.98 Å². The maximum absolute atomic E-state index is 14.1. The number of amides is 1. The van der Waals surface area contributed by atoms with E-state index in [0.29, 0.717) is 17.2 Å². The number of anilines is 1. The molecule has 6 nitrogen and oxygen atoms in total. The lowest BCUT2D eigenvalue weighted by Crippen LogP contribution is -2.15. The summed E-state index contributed by atoms with van der Waals surface area (Å²) in [6, 6.07) is 14.5. The van der Waals surface area contributed by atoms with E-state index in [9.17, 15) is 14.0 Å². The van der Waals surface area contributed by atoms with Crippen LogP contribution in [-0.4, -0.2) is 29.5 Å². The average Bonchev–Trinajstić information content (AvgIpc) is 2.74. The van der Waals surface area contributed by atoms with Gasteiger partial charge in [-0.25, -0.2) is 9.37 Å². The predicted molar refractivity (Wildman–Crippen MR) is 113 cm³/mol. The minimum atomic E-state index is -0.537. The number of thioether (sulfide) groups is 1. The molecule has 0 bridgehead atoms. The van der Waals surface area contributed by atoms with Gasteiger partial charge in [0.05, 0.1) is 12.9 Å². The van der Waals surface area contributed by atoms with Gasteiger partial charge in [0.25, 0.3) is 0 Å². The first-order chi connectivity index (χ1) is 14.5. The molecule has 1 heterocycles. The maximum atomic E-state index is 14.1. The molecule has 0 aliphatic rings. The number of aromatic nitrogens is 1. The largest absolute Gasteiger partial charge is 0.497 e. The summed E-state index contributed by atoms with van der Waals surface area (Å²) in [6.07, 6.45) is 1.55. The Hall–Kier alpha value is -3.39. The van der Waals surface area contributed by atoms with Gasteiger partial charge in [0.2, 0.25) is 11.8 Å². The predicted octanol–water partition coefficient (Wildman–Crippen LogP) is 4.96. The Morgan fingerprint density at radius 2 is 1.83 bits per heavy atom. The van der Waals surface area contributed by atoms with Crippen LogP contribution in [-0.2, 0) is 4.79 Å². The van der Waals surface area contributed by atoms with E-state index in [0.717, 1.165) is 11.8 Å². The molecule has 1 aromatic heterocycles. The number of pyridine rings is 1. The quantitative estimate of drug-likeness (QED) is 0.405. The first-order valence-electron chi connectivity index (χ1n) is 8.96. The first kappa shape index (κ1) is 21.3. The third-order valence-electron chi connectivity index (χ3n) is 4.02. The number of nitrogens with zero attached hydrogens (tertiary/aromatic N) is 1. The summed E-state index contributed by atoms with van der Waals surface area (Å²) in [5, 5.41) is 2.72. The Bertz CT molecular complexity index is 1060. The highest BCUT2D eigenvalue weighted by Gasteiger charge is 2.13. The van der Waals surface area contributed by atoms with Crippen LogP contribution in [0.2, 0.25) is 0 Å². The van der Waals surface area contributed by atoms with Gasteiger partial charge < -0.3 is 14.8 Å². The van der Waals surface area contributed by atoms with E-state index in [2.05, 4.69) is 10.3 Å². The van der Waals surface area contributed by atoms with Crippen LogP contribution in [0.1, 0.15) is 17.3 Å². The molecule has 0 saturated heterocycles. The van der Waals surface area contributed by atoms with Gasteiger partial charge in [-0.05, 0) is 55.5 Å². The van der Waals surface area contributed by atoms with Crippen molar-refractivity contribution in [3.63, 3.8) is 0 Å². The van der Waals surface area contributed by atoms with Crippen LogP contribution < -0.4 is 14.8 Å². The lowest BCUT2D eigenvalue weighted by atomic mass is 10.1. The normalized spacial score (nSPS) is 10.4. The number of nitrogens with one attached hydrogen (secondary N) is 1. The summed E-state index contributed by atoms with van der Waals surface area (Å²) in [5.74, 6) is 0.340. The van der Waals surface area contributed by atoms with Crippen LogP contribution >= 0.6 is 11.8 Å². The highest BCUT2D eigenvalue weighted by Crippen LogP contribution is 2.29. The minimum absolute atomic E-state index is 0.0206. The molecule has 2 aromatic carbocycles. The molecular formula is C22H19FN2O4S. The van der Waals surface area contributed by atoms with E-state index in [1.54, 1.807) is 49.7 Å². The molecule has 30 heavy (non-hydrogen) atoms. The standard InChI is InChI=1S/C22H19FN2O4S/c1-14(26)15-5-10-20(18(23)12-15)30-13-21(27)25-19-4-3-11-24-22(19)29-17-8-6-16(28-2)7-9-17/h3-12H,13H2,1-2H3,(H,25,27). The third-order valence-corrected chi connectivity index (χ3v) is 5.06. The smallest absolute Gasteiger partial charge is 0.243 e. The molecule has 0 unspecified atom stereocenters. The molecule has 8 heteroatoms. The second kappa shape index (κ2) is 9.89. The van der Waals surface area contributed by atoms with Crippen molar-refractivity contribution in [2.75, 3.05) is 18.2 Å². The number of ether oxygens (including phenoxy) is 2. The number of hydrogen-bond acceptors (Lipinski definition) is 6. The van der Waals surface area contributed by atoms with Crippen molar-refractivity contribution >= 4 is 29.1 Å². The number of ketones is 1. The van der Waals surface area contributed by atoms with Crippen molar-refractivity contribution in [3.8, 4) is 17.4 Å². The van der Waals surface area contributed by atoms with Gasteiger partial charge in [0.1, 0.15) is 23.0 Å². The van der Waals surface area contributed by atoms with E-state index in [1.807, 2.05) is 0 Å². The molecule has 3 aromatic rings. The second-order valence-electron chi connectivity index (χ2n) is 6.17. The Morgan fingerprint density at radius 1 is 1.10 bits per heavy atom. The fraction of sp³-hybridized carbons (Fsp3) is 0.136. The number of Topliss-reactive ketones (excluding diaryl/α,β-unsaturated/α-hetero) is 1. The van der Waals surface area contributed by atoms with Gasteiger partial charge in [-0.15, -0.1) is 11.8 Å². The number of hydrogen-bond donors (Lipinski definition) is 1. The van der Waals surface area contributed by atoms with Crippen molar-refractivity contribution in [1.29, 1.82) is 0 Å². The monoisotopic (exact) mass is 426 g/mol. The van der Waals surface area contributed by atoms with Gasteiger partial charge in [0.15, 0.2) is 5.78 Å². The molecule has 1 amide bonds. The van der Waals surface area contributed by atoms with E-state index in [4.69, 9.17) is 9.47 Å². The Labute approximate surface area is 177 Å². The van der Waals surface area contributed by atoms with Crippen LogP contribution in [0.15, 0.2) is 65.7 Å². The number of halogens is 1. The van der Waals surface area contributed by atoms with Gasteiger partial charge in [-0.3, -0.25) is 9.59 Å². The lowest BCUT2D eigenvalue weighted by molar-refractivity contribution is -0.113. The molecule has 0 radical (unpaired) electrons. The number of benzene rings is 2. The van der Waals surface area contributed by atoms with Crippen LogP contribution in [0.5, 0.6) is 17.4 Å².